The van der Waals surface area contributed by atoms with Crippen LogP contribution in [0.2, 0.25) is 0 Å². The van der Waals surface area contributed by atoms with Crippen molar-refractivity contribution in [3.8, 4) is 0 Å². The van der Waals surface area contributed by atoms with Gasteiger partial charge in [-0.3, -0.25) is 4.79 Å². The molecule has 0 saturated heterocycles. The molecule has 0 aliphatic heterocycles. The van der Waals surface area contributed by atoms with Crippen LogP contribution >= 0.6 is 0 Å². The van der Waals surface area contributed by atoms with E-state index >= 15 is 0 Å². The molecule has 1 aromatic carbocycles. The number of rotatable bonds is 3. The number of aliphatic carboxylic acids is 1. The Morgan fingerprint density at radius 3 is 2.56 bits per heavy atom. The van der Waals surface area contributed by atoms with Gasteiger partial charge in [0.15, 0.2) is 0 Å². The van der Waals surface area contributed by atoms with Crippen LogP contribution in [0, 0.1) is 5.82 Å². The molecule has 0 aromatic heterocycles. The van der Waals surface area contributed by atoms with E-state index in [0.29, 0.717) is 5.56 Å². The molecule has 1 aromatic rings. The van der Waals surface area contributed by atoms with Crippen LogP contribution in [0.3, 0.4) is 0 Å². The van der Waals surface area contributed by atoms with Gasteiger partial charge in [-0.2, -0.15) is 0 Å². The van der Waals surface area contributed by atoms with Gasteiger partial charge in [0.25, 0.3) is 0 Å². The molecule has 1 saturated carbocycles. The van der Waals surface area contributed by atoms with E-state index in [9.17, 15) is 9.18 Å². The topological polar surface area (TPSA) is 37.3 Å². The Balaban J connectivity index is 2.26. The van der Waals surface area contributed by atoms with Gasteiger partial charge in [0, 0.05) is 0 Å². The molecule has 1 aliphatic rings. The number of benzene rings is 1. The molecule has 0 atom stereocenters. The van der Waals surface area contributed by atoms with Crippen LogP contribution in [-0.2, 0) is 16.6 Å². The molecular weight excluding hydrogens is 231 g/mol. The zero-order valence-corrected chi connectivity index (χ0v) is 10.7. The fraction of sp³-hybridized carbons (Fsp3) is 0.533. The molecule has 98 valence electrons. The van der Waals surface area contributed by atoms with Crippen molar-refractivity contribution in [1.29, 1.82) is 0 Å². The summed E-state index contributed by atoms with van der Waals surface area (Å²) in [5.41, 5.74) is 1.20. The van der Waals surface area contributed by atoms with Crippen LogP contribution < -0.4 is 0 Å². The van der Waals surface area contributed by atoms with E-state index in [-0.39, 0.29) is 17.7 Å². The SMILES string of the molecule is CC1(c2ccc(CC(=O)O)cc2F)CCCCC1. The Morgan fingerprint density at radius 2 is 2.00 bits per heavy atom. The molecule has 3 heteroatoms. The number of hydrogen-bond acceptors (Lipinski definition) is 1. The van der Waals surface area contributed by atoms with E-state index in [0.717, 1.165) is 31.2 Å². The van der Waals surface area contributed by atoms with Gasteiger partial charge >= 0.3 is 5.97 Å². The molecular formula is C15H19FO2. The summed E-state index contributed by atoms with van der Waals surface area (Å²) in [6, 6.07) is 4.90. The van der Waals surface area contributed by atoms with E-state index in [4.69, 9.17) is 5.11 Å². The normalized spacial score (nSPS) is 18.6. The zero-order chi connectivity index (χ0) is 13.2. The Labute approximate surface area is 107 Å². The molecule has 1 N–H and O–H groups in total. The van der Waals surface area contributed by atoms with E-state index < -0.39 is 5.97 Å². The van der Waals surface area contributed by atoms with Crippen LogP contribution in [0.1, 0.15) is 50.2 Å². The molecule has 2 rings (SSSR count). The number of hydrogen-bond donors (Lipinski definition) is 1. The van der Waals surface area contributed by atoms with Crippen molar-refractivity contribution < 1.29 is 14.3 Å². The van der Waals surface area contributed by atoms with Crippen LogP contribution in [0.25, 0.3) is 0 Å². The largest absolute Gasteiger partial charge is 0.481 e. The summed E-state index contributed by atoms with van der Waals surface area (Å²) in [6.07, 6.45) is 5.44. The highest BCUT2D eigenvalue weighted by atomic mass is 19.1. The minimum atomic E-state index is -0.925. The van der Waals surface area contributed by atoms with Crippen molar-refractivity contribution in [2.75, 3.05) is 0 Å². The fourth-order valence-corrected chi connectivity index (χ4v) is 2.93. The molecule has 0 heterocycles. The first-order valence-electron chi connectivity index (χ1n) is 6.52. The second-order valence-electron chi connectivity index (χ2n) is 5.51. The molecule has 1 aliphatic carbocycles. The maximum atomic E-state index is 14.1. The van der Waals surface area contributed by atoms with Gasteiger partial charge in [0.2, 0.25) is 0 Å². The summed E-state index contributed by atoms with van der Waals surface area (Å²) in [6.45, 7) is 2.11. The summed E-state index contributed by atoms with van der Waals surface area (Å²) in [4.78, 5) is 10.6. The first kappa shape index (κ1) is 13.1. The van der Waals surface area contributed by atoms with E-state index in [2.05, 4.69) is 6.92 Å². The first-order chi connectivity index (χ1) is 8.51. The molecule has 0 unspecified atom stereocenters. The van der Waals surface area contributed by atoms with Crippen molar-refractivity contribution in [3.05, 3.63) is 35.1 Å². The summed E-state index contributed by atoms with van der Waals surface area (Å²) < 4.78 is 14.1. The Kier molecular flexibility index (Phi) is 3.69. The molecule has 0 amide bonds. The van der Waals surface area contributed by atoms with Crippen molar-refractivity contribution >= 4 is 5.97 Å². The minimum Gasteiger partial charge on any atom is -0.481 e. The predicted molar refractivity (Wildman–Crippen MR) is 68.2 cm³/mol. The number of halogens is 1. The lowest BCUT2D eigenvalue weighted by Crippen LogP contribution is -2.26. The highest BCUT2D eigenvalue weighted by Crippen LogP contribution is 2.40. The molecule has 18 heavy (non-hydrogen) atoms. The van der Waals surface area contributed by atoms with E-state index in [1.807, 2.05) is 0 Å². The van der Waals surface area contributed by atoms with Gasteiger partial charge in [-0.1, -0.05) is 38.3 Å². The third-order valence-corrected chi connectivity index (χ3v) is 4.00. The van der Waals surface area contributed by atoms with Gasteiger partial charge in [0.05, 0.1) is 6.42 Å². The molecule has 0 radical (unpaired) electrons. The van der Waals surface area contributed by atoms with Gasteiger partial charge in [-0.15, -0.1) is 0 Å². The lowest BCUT2D eigenvalue weighted by atomic mass is 9.70. The Bertz CT molecular complexity index is 448. The zero-order valence-electron chi connectivity index (χ0n) is 10.7. The maximum absolute atomic E-state index is 14.1. The lowest BCUT2D eigenvalue weighted by molar-refractivity contribution is -0.136. The fourth-order valence-electron chi connectivity index (χ4n) is 2.93. The molecule has 1 fully saturated rings. The van der Waals surface area contributed by atoms with Crippen molar-refractivity contribution in [1.82, 2.24) is 0 Å². The van der Waals surface area contributed by atoms with Crippen molar-refractivity contribution in [3.63, 3.8) is 0 Å². The molecule has 0 bridgehead atoms. The summed E-state index contributed by atoms with van der Waals surface area (Å²) >= 11 is 0. The smallest absolute Gasteiger partial charge is 0.307 e. The number of carboxylic acids is 1. The van der Waals surface area contributed by atoms with Crippen molar-refractivity contribution in [2.24, 2.45) is 0 Å². The van der Waals surface area contributed by atoms with Crippen LogP contribution in [-0.4, -0.2) is 11.1 Å². The number of carboxylic acid groups (broad SMARTS) is 1. The Morgan fingerprint density at radius 1 is 1.33 bits per heavy atom. The van der Waals surface area contributed by atoms with Crippen LogP contribution in [0.5, 0.6) is 0 Å². The van der Waals surface area contributed by atoms with Gasteiger partial charge in [-0.05, 0) is 35.4 Å². The summed E-state index contributed by atoms with van der Waals surface area (Å²) in [5, 5.41) is 8.70. The van der Waals surface area contributed by atoms with Crippen LogP contribution in [0.15, 0.2) is 18.2 Å². The third-order valence-electron chi connectivity index (χ3n) is 4.00. The van der Waals surface area contributed by atoms with Gasteiger partial charge in [-0.25, -0.2) is 4.39 Å². The third kappa shape index (κ3) is 2.71. The lowest BCUT2D eigenvalue weighted by Gasteiger charge is -2.34. The summed E-state index contributed by atoms with van der Waals surface area (Å²) in [5.74, 6) is -1.18. The second kappa shape index (κ2) is 5.09. The standard InChI is InChI=1S/C15H19FO2/c1-15(7-3-2-4-8-15)12-6-5-11(9-13(12)16)10-14(17)18/h5-6,9H,2-4,7-8,10H2,1H3,(H,17,18). The first-order valence-corrected chi connectivity index (χ1v) is 6.52. The quantitative estimate of drug-likeness (QED) is 0.888. The van der Waals surface area contributed by atoms with E-state index in [1.165, 1.54) is 12.5 Å². The van der Waals surface area contributed by atoms with Crippen LogP contribution in [0.4, 0.5) is 4.39 Å². The number of carbonyl (C=O) groups is 1. The monoisotopic (exact) mass is 250 g/mol. The maximum Gasteiger partial charge on any atom is 0.307 e. The average molecular weight is 250 g/mol. The average Bonchev–Trinajstić information content (AvgIpc) is 2.28. The second-order valence-corrected chi connectivity index (χ2v) is 5.51. The van der Waals surface area contributed by atoms with Crippen molar-refractivity contribution in [2.45, 2.75) is 50.9 Å². The van der Waals surface area contributed by atoms with E-state index in [1.54, 1.807) is 12.1 Å². The summed E-state index contributed by atoms with van der Waals surface area (Å²) in [7, 11) is 0. The predicted octanol–water partition coefficient (Wildman–Crippen LogP) is 3.67. The molecule has 0 spiro atoms. The molecule has 2 nitrogen and oxygen atoms in total. The highest BCUT2D eigenvalue weighted by Gasteiger charge is 2.31. The highest BCUT2D eigenvalue weighted by molar-refractivity contribution is 5.70. The van der Waals surface area contributed by atoms with Gasteiger partial charge in [0.1, 0.15) is 5.82 Å². The Hall–Kier alpha value is -1.38. The minimum absolute atomic E-state index is 0.0793. The van der Waals surface area contributed by atoms with Gasteiger partial charge < -0.3 is 5.11 Å².